The molecule has 0 spiro atoms. The average Bonchev–Trinajstić information content (AvgIpc) is 2.95. The molecule has 0 radical (unpaired) electrons. The first kappa shape index (κ1) is 20.0. The monoisotopic (exact) mass is 404 g/mol. The first-order chi connectivity index (χ1) is 13.2. The van der Waals surface area contributed by atoms with E-state index in [1.807, 2.05) is 35.9 Å². The minimum absolute atomic E-state index is 0.0741. The van der Waals surface area contributed by atoms with Crippen molar-refractivity contribution >= 4 is 27.0 Å². The number of nitrogens with one attached hydrogen (secondary N) is 2. The molecule has 1 heterocycles. The van der Waals surface area contributed by atoms with Gasteiger partial charge in [-0.15, -0.1) is 0 Å². The van der Waals surface area contributed by atoms with Gasteiger partial charge in [-0.2, -0.15) is 0 Å². The zero-order chi connectivity index (χ0) is 20.5. The van der Waals surface area contributed by atoms with E-state index in [4.69, 9.17) is 0 Å². The van der Waals surface area contributed by atoms with Crippen LogP contribution >= 0.6 is 0 Å². The van der Waals surface area contributed by atoms with Crippen LogP contribution in [-0.4, -0.2) is 29.9 Å². The SMILES string of the molecule is CC(C)NS(=O)(=O)c1ccc(F)c(C(=O)NCc2nc3ccccc3n2C)c1. The molecule has 0 bridgehead atoms. The van der Waals surface area contributed by atoms with E-state index >= 15 is 0 Å². The molecule has 28 heavy (non-hydrogen) atoms. The highest BCUT2D eigenvalue weighted by molar-refractivity contribution is 7.89. The molecular formula is C19H21FN4O3S. The van der Waals surface area contributed by atoms with Crippen LogP contribution in [0.15, 0.2) is 47.4 Å². The number of fused-ring (bicyclic) bond motifs is 1. The molecule has 0 aliphatic heterocycles. The van der Waals surface area contributed by atoms with Crippen molar-refractivity contribution in [2.75, 3.05) is 0 Å². The van der Waals surface area contributed by atoms with Crippen LogP contribution in [-0.2, 0) is 23.6 Å². The number of rotatable bonds is 6. The normalized spacial score (nSPS) is 11.9. The number of hydrogen-bond acceptors (Lipinski definition) is 4. The van der Waals surface area contributed by atoms with Crippen LogP contribution in [0.3, 0.4) is 0 Å². The number of amides is 1. The van der Waals surface area contributed by atoms with Gasteiger partial charge in [0, 0.05) is 13.1 Å². The van der Waals surface area contributed by atoms with Gasteiger partial charge in [0.25, 0.3) is 5.91 Å². The van der Waals surface area contributed by atoms with E-state index in [9.17, 15) is 17.6 Å². The number of aryl methyl sites for hydroxylation is 1. The van der Waals surface area contributed by atoms with E-state index in [0.717, 1.165) is 29.2 Å². The fourth-order valence-electron chi connectivity index (χ4n) is 2.83. The summed E-state index contributed by atoms with van der Waals surface area (Å²) in [6.07, 6.45) is 0. The summed E-state index contributed by atoms with van der Waals surface area (Å²) in [5.41, 5.74) is 1.35. The molecule has 0 unspecified atom stereocenters. The predicted octanol–water partition coefficient (Wildman–Crippen LogP) is 2.33. The van der Waals surface area contributed by atoms with E-state index in [1.165, 1.54) is 0 Å². The molecule has 1 aromatic heterocycles. The van der Waals surface area contributed by atoms with Gasteiger partial charge in [-0.3, -0.25) is 4.79 Å². The highest BCUT2D eigenvalue weighted by Crippen LogP contribution is 2.17. The Hall–Kier alpha value is -2.78. The van der Waals surface area contributed by atoms with Gasteiger partial charge in [0.2, 0.25) is 10.0 Å². The molecule has 3 aromatic rings. The number of aromatic nitrogens is 2. The molecule has 3 rings (SSSR count). The van der Waals surface area contributed by atoms with Crippen LogP contribution in [0.1, 0.15) is 30.0 Å². The molecule has 9 heteroatoms. The predicted molar refractivity (Wildman–Crippen MR) is 104 cm³/mol. The first-order valence-electron chi connectivity index (χ1n) is 8.69. The van der Waals surface area contributed by atoms with E-state index < -0.39 is 21.7 Å². The molecule has 0 saturated carbocycles. The molecule has 0 saturated heterocycles. The summed E-state index contributed by atoms with van der Waals surface area (Å²) in [4.78, 5) is 16.7. The topological polar surface area (TPSA) is 93.1 Å². The quantitative estimate of drug-likeness (QED) is 0.659. The van der Waals surface area contributed by atoms with E-state index in [2.05, 4.69) is 15.0 Å². The lowest BCUT2D eigenvalue weighted by Gasteiger charge is -2.11. The lowest BCUT2D eigenvalue weighted by atomic mass is 10.2. The maximum Gasteiger partial charge on any atom is 0.254 e. The largest absolute Gasteiger partial charge is 0.345 e. The summed E-state index contributed by atoms with van der Waals surface area (Å²) in [5, 5.41) is 2.60. The van der Waals surface area contributed by atoms with Crippen molar-refractivity contribution in [2.24, 2.45) is 7.05 Å². The van der Waals surface area contributed by atoms with Gasteiger partial charge in [0.15, 0.2) is 0 Å². The van der Waals surface area contributed by atoms with Crippen LogP contribution in [0, 0.1) is 5.82 Å². The number of imidazole rings is 1. The molecule has 2 aromatic carbocycles. The smallest absolute Gasteiger partial charge is 0.254 e. The highest BCUT2D eigenvalue weighted by atomic mass is 32.2. The number of hydrogen-bond donors (Lipinski definition) is 2. The van der Waals surface area contributed by atoms with E-state index in [0.29, 0.717) is 5.82 Å². The molecule has 0 aliphatic carbocycles. The van der Waals surface area contributed by atoms with Gasteiger partial charge in [0.05, 0.1) is 28.0 Å². The molecule has 7 nitrogen and oxygen atoms in total. The van der Waals surface area contributed by atoms with Crippen molar-refractivity contribution in [3.05, 3.63) is 59.7 Å². The molecule has 0 fully saturated rings. The van der Waals surface area contributed by atoms with Crippen molar-refractivity contribution in [3.8, 4) is 0 Å². The summed E-state index contributed by atoms with van der Waals surface area (Å²) in [5.74, 6) is -0.919. The molecule has 1 amide bonds. The average molecular weight is 404 g/mol. The number of para-hydroxylation sites is 2. The number of carbonyl (C=O) groups excluding carboxylic acids is 1. The second-order valence-corrected chi connectivity index (χ2v) is 8.39. The Morgan fingerprint density at radius 1 is 1.21 bits per heavy atom. The summed E-state index contributed by atoms with van der Waals surface area (Å²) in [6.45, 7) is 3.42. The van der Waals surface area contributed by atoms with Crippen LogP contribution in [0.2, 0.25) is 0 Å². The number of nitrogens with zero attached hydrogens (tertiary/aromatic N) is 2. The summed E-state index contributed by atoms with van der Waals surface area (Å²) < 4.78 is 42.9. The zero-order valence-corrected chi connectivity index (χ0v) is 16.5. The maximum atomic E-state index is 14.1. The minimum atomic E-state index is -3.84. The second kappa shape index (κ2) is 7.69. The molecular weight excluding hydrogens is 383 g/mol. The van der Waals surface area contributed by atoms with Gasteiger partial charge in [-0.25, -0.2) is 22.5 Å². The van der Waals surface area contributed by atoms with Crippen molar-refractivity contribution < 1.29 is 17.6 Å². The van der Waals surface area contributed by atoms with Crippen LogP contribution in [0.25, 0.3) is 11.0 Å². The van der Waals surface area contributed by atoms with Gasteiger partial charge in [-0.1, -0.05) is 12.1 Å². The number of carbonyl (C=O) groups is 1. The van der Waals surface area contributed by atoms with Crippen LogP contribution in [0.4, 0.5) is 4.39 Å². The molecule has 148 valence electrons. The fraction of sp³-hybridized carbons (Fsp3) is 0.263. The Morgan fingerprint density at radius 3 is 2.61 bits per heavy atom. The Labute approximate surface area is 162 Å². The van der Waals surface area contributed by atoms with Gasteiger partial charge < -0.3 is 9.88 Å². The van der Waals surface area contributed by atoms with Crippen LogP contribution in [0.5, 0.6) is 0 Å². The number of sulfonamides is 1. The second-order valence-electron chi connectivity index (χ2n) is 6.68. The summed E-state index contributed by atoms with van der Waals surface area (Å²) in [6, 6.07) is 10.3. The Bertz CT molecular complexity index is 1140. The third-order valence-electron chi connectivity index (χ3n) is 4.17. The lowest BCUT2D eigenvalue weighted by Crippen LogP contribution is -2.31. The molecule has 2 N–H and O–H groups in total. The highest BCUT2D eigenvalue weighted by Gasteiger charge is 2.20. The zero-order valence-electron chi connectivity index (χ0n) is 15.7. The standard InChI is InChI=1S/C19H21FN4O3S/c1-12(2)23-28(26,27)13-8-9-15(20)14(10-13)19(25)21-11-18-22-16-6-4-5-7-17(16)24(18)3/h4-10,12,23H,11H2,1-3H3,(H,21,25). The third-order valence-corrected chi connectivity index (χ3v) is 5.83. The summed E-state index contributed by atoms with van der Waals surface area (Å²) in [7, 11) is -2.01. The van der Waals surface area contributed by atoms with Gasteiger partial charge in [-0.05, 0) is 44.2 Å². The van der Waals surface area contributed by atoms with Gasteiger partial charge in [0.1, 0.15) is 11.6 Å². The van der Waals surface area contributed by atoms with Gasteiger partial charge >= 0.3 is 0 Å². The lowest BCUT2D eigenvalue weighted by molar-refractivity contribution is 0.0945. The molecule has 0 aliphatic rings. The van der Waals surface area contributed by atoms with Crippen molar-refractivity contribution in [3.63, 3.8) is 0 Å². The Balaban J connectivity index is 1.82. The third kappa shape index (κ3) is 4.05. The number of halogens is 1. The van der Waals surface area contributed by atoms with Crippen molar-refractivity contribution in [1.29, 1.82) is 0 Å². The minimum Gasteiger partial charge on any atom is -0.345 e. The Morgan fingerprint density at radius 2 is 1.93 bits per heavy atom. The number of benzene rings is 2. The maximum absolute atomic E-state index is 14.1. The summed E-state index contributed by atoms with van der Waals surface area (Å²) >= 11 is 0. The van der Waals surface area contributed by atoms with Crippen molar-refractivity contribution in [1.82, 2.24) is 19.6 Å². The Kier molecular flexibility index (Phi) is 5.48. The van der Waals surface area contributed by atoms with E-state index in [1.54, 1.807) is 13.8 Å². The molecule has 0 atom stereocenters. The van der Waals surface area contributed by atoms with E-state index in [-0.39, 0.29) is 23.0 Å². The van der Waals surface area contributed by atoms with Crippen molar-refractivity contribution in [2.45, 2.75) is 31.3 Å². The van der Waals surface area contributed by atoms with Crippen LogP contribution < -0.4 is 10.0 Å². The first-order valence-corrected chi connectivity index (χ1v) is 10.2. The fourth-order valence-corrected chi connectivity index (χ4v) is 4.11.